The van der Waals surface area contributed by atoms with Gasteiger partial charge in [0.2, 0.25) is 0 Å². The number of hydrogen-bond acceptors (Lipinski definition) is 3. The lowest BCUT2D eigenvalue weighted by Gasteiger charge is -2.10. The van der Waals surface area contributed by atoms with Gasteiger partial charge in [-0.1, -0.05) is 0 Å². The fourth-order valence-electron chi connectivity index (χ4n) is 1.98. The molecule has 1 amide bonds. The molecule has 1 aromatic heterocycles. The lowest BCUT2D eigenvalue weighted by molar-refractivity contribution is 0.0953. The van der Waals surface area contributed by atoms with Gasteiger partial charge in [-0.25, -0.2) is 0 Å². The Balaban J connectivity index is 1.75. The minimum Gasteiger partial charge on any atom is -0.491 e. The number of rotatable bonds is 7. The fraction of sp³-hybridized carbons (Fsp3) is 0.353. The summed E-state index contributed by atoms with van der Waals surface area (Å²) < 4.78 is 10.8. The van der Waals surface area contributed by atoms with Gasteiger partial charge in [0.15, 0.2) is 0 Å². The summed E-state index contributed by atoms with van der Waals surface area (Å²) in [7, 11) is 0. The summed E-state index contributed by atoms with van der Waals surface area (Å²) in [5.74, 6) is 1.66. The Bertz CT molecular complexity index is 544. The number of hydrogen-bond donors (Lipinski definition) is 1. The van der Waals surface area contributed by atoms with Gasteiger partial charge in [-0.3, -0.25) is 4.79 Å². The summed E-state index contributed by atoms with van der Waals surface area (Å²) in [4.78, 5) is 12.0. The van der Waals surface area contributed by atoms with Crippen LogP contribution in [0, 0.1) is 0 Å². The average molecular weight is 287 g/mol. The molecule has 1 heterocycles. The quantitative estimate of drug-likeness (QED) is 0.794. The molecule has 0 saturated heterocycles. The van der Waals surface area contributed by atoms with Gasteiger partial charge in [0.05, 0.1) is 12.4 Å². The van der Waals surface area contributed by atoms with Gasteiger partial charge in [0.1, 0.15) is 11.5 Å². The Morgan fingerprint density at radius 2 is 2.00 bits per heavy atom. The molecule has 0 spiro atoms. The summed E-state index contributed by atoms with van der Waals surface area (Å²) in [6.45, 7) is 4.57. The molecule has 0 radical (unpaired) electrons. The Morgan fingerprint density at radius 3 is 2.62 bits per heavy atom. The van der Waals surface area contributed by atoms with Crippen LogP contribution in [-0.4, -0.2) is 18.6 Å². The maximum atomic E-state index is 12.0. The molecular weight excluding hydrogens is 266 g/mol. The molecule has 0 aliphatic heterocycles. The molecule has 1 aromatic carbocycles. The molecule has 4 heteroatoms. The molecule has 0 bridgehead atoms. The van der Waals surface area contributed by atoms with Gasteiger partial charge in [0, 0.05) is 18.5 Å². The van der Waals surface area contributed by atoms with Crippen LogP contribution >= 0.6 is 0 Å². The van der Waals surface area contributed by atoms with E-state index in [9.17, 15) is 4.79 Å². The zero-order chi connectivity index (χ0) is 15.1. The number of amides is 1. The van der Waals surface area contributed by atoms with E-state index in [1.54, 1.807) is 18.4 Å². The highest BCUT2D eigenvalue weighted by Crippen LogP contribution is 2.13. The molecule has 0 atom stereocenters. The minimum absolute atomic E-state index is 0.0643. The lowest BCUT2D eigenvalue weighted by Crippen LogP contribution is -2.24. The lowest BCUT2D eigenvalue weighted by atomic mass is 10.2. The number of carbonyl (C=O) groups excluding carboxylic acids is 1. The Morgan fingerprint density at radius 1 is 1.24 bits per heavy atom. The second-order valence-electron chi connectivity index (χ2n) is 5.13. The molecule has 4 nitrogen and oxygen atoms in total. The Hall–Kier alpha value is -2.23. The van der Waals surface area contributed by atoms with Crippen molar-refractivity contribution in [3.63, 3.8) is 0 Å². The fourth-order valence-corrected chi connectivity index (χ4v) is 1.98. The van der Waals surface area contributed by atoms with Crippen LogP contribution in [0.25, 0.3) is 0 Å². The van der Waals surface area contributed by atoms with Crippen LogP contribution < -0.4 is 10.1 Å². The third-order valence-corrected chi connectivity index (χ3v) is 2.95. The zero-order valence-corrected chi connectivity index (χ0v) is 12.5. The van der Waals surface area contributed by atoms with Crippen LogP contribution in [0.2, 0.25) is 0 Å². The van der Waals surface area contributed by atoms with Crippen molar-refractivity contribution in [1.29, 1.82) is 0 Å². The molecule has 0 aliphatic carbocycles. The van der Waals surface area contributed by atoms with Crippen molar-refractivity contribution in [3.05, 3.63) is 54.0 Å². The van der Waals surface area contributed by atoms with Crippen molar-refractivity contribution in [2.24, 2.45) is 0 Å². The molecule has 112 valence electrons. The summed E-state index contributed by atoms with van der Waals surface area (Å²) in [6, 6.07) is 11.0. The molecule has 1 N–H and O–H groups in total. The van der Waals surface area contributed by atoms with E-state index in [1.807, 2.05) is 38.1 Å². The van der Waals surface area contributed by atoms with Gasteiger partial charge in [-0.05, 0) is 56.7 Å². The van der Waals surface area contributed by atoms with E-state index in [0.717, 1.165) is 24.4 Å². The predicted octanol–water partition coefficient (Wildman–Crippen LogP) is 3.43. The highest BCUT2D eigenvalue weighted by atomic mass is 16.5. The molecule has 0 aliphatic rings. The monoisotopic (exact) mass is 287 g/mol. The van der Waals surface area contributed by atoms with E-state index in [0.29, 0.717) is 12.1 Å². The number of carbonyl (C=O) groups is 1. The molecule has 0 fully saturated rings. The van der Waals surface area contributed by atoms with E-state index >= 15 is 0 Å². The largest absolute Gasteiger partial charge is 0.491 e. The first-order chi connectivity index (χ1) is 10.1. The summed E-state index contributed by atoms with van der Waals surface area (Å²) in [6.07, 6.45) is 3.48. The van der Waals surface area contributed by atoms with E-state index in [1.165, 1.54) is 0 Å². The van der Waals surface area contributed by atoms with Crippen LogP contribution in [0.3, 0.4) is 0 Å². The second kappa shape index (κ2) is 7.53. The first-order valence-electron chi connectivity index (χ1n) is 7.22. The maximum absolute atomic E-state index is 12.0. The number of nitrogens with one attached hydrogen (secondary N) is 1. The van der Waals surface area contributed by atoms with E-state index < -0.39 is 0 Å². The normalized spacial score (nSPS) is 10.6. The van der Waals surface area contributed by atoms with Crippen molar-refractivity contribution in [2.75, 3.05) is 6.54 Å². The zero-order valence-electron chi connectivity index (χ0n) is 12.5. The maximum Gasteiger partial charge on any atom is 0.251 e. The van der Waals surface area contributed by atoms with Crippen molar-refractivity contribution >= 4 is 5.91 Å². The van der Waals surface area contributed by atoms with Gasteiger partial charge in [-0.2, -0.15) is 0 Å². The first-order valence-corrected chi connectivity index (χ1v) is 7.22. The number of benzene rings is 1. The topological polar surface area (TPSA) is 51.5 Å². The smallest absolute Gasteiger partial charge is 0.251 e. The third-order valence-electron chi connectivity index (χ3n) is 2.95. The van der Waals surface area contributed by atoms with Crippen LogP contribution in [0.5, 0.6) is 5.75 Å². The van der Waals surface area contributed by atoms with Crippen LogP contribution in [-0.2, 0) is 6.42 Å². The summed E-state index contributed by atoms with van der Waals surface area (Å²) in [5, 5.41) is 2.90. The van der Waals surface area contributed by atoms with Crippen LogP contribution in [0.1, 0.15) is 36.4 Å². The van der Waals surface area contributed by atoms with E-state index in [-0.39, 0.29) is 12.0 Å². The molecule has 0 saturated carbocycles. The van der Waals surface area contributed by atoms with Gasteiger partial charge >= 0.3 is 0 Å². The Kier molecular flexibility index (Phi) is 5.43. The van der Waals surface area contributed by atoms with Crippen molar-refractivity contribution in [2.45, 2.75) is 32.8 Å². The predicted molar refractivity (Wildman–Crippen MR) is 81.6 cm³/mol. The highest BCUT2D eigenvalue weighted by Gasteiger charge is 2.06. The average Bonchev–Trinajstić information content (AvgIpc) is 2.97. The van der Waals surface area contributed by atoms with Gasteiger partial charge in [-0.15, -0.1) is 0 Å². The molecule has 0 unspecified atom stereocenters. The standard InChI is InChI=1S/C17H21NO3/c1-13(2)21-16-9-7-14(8-10-16)17(19)18-11-3-5-15-6-4-12-20-15/h4,6-10,12-13H,3,5,11H2,1-2H3,(H,18,19). The van der Waals surface area contributed by atoms with Gasteiger partial charge < -0.3 is 14.5 Å². The third kappa shape index (κ3) is 4.99. The molecule has 2 rings (SSSR count). The van der Waals surface area contributed by atoms with Crippen molar-refractivity contribution in [3.8, 4) is 5.75 Å². The molecule has 21 heavy (non-hydrogen) atoms. The summed E-state index contributed by atoms with van der Waals surface area (Å²) in [5.41, 5.74) is 0.643. The minimum atomic E-state index is -0.0643. The molecular formula is C17H21NO3. The number of ether oxygens (including phenoxy) is 1. The van der Waals surface area contributed by atoms with Gasteiger partial charge in [0.25, 0.3) is 5.91 Å². The number of furan rings is 1. The van der Waals surface area contributed by atoms with Crippen LogP contribution in [0.15, 0.2) is 47.1 Å². The number of aryl methyl sites for hydroxylation is 1. The van der Waals surface area contributed by atoms with E-state index in [2.05, 4.69) is 5.32 Å². The molecule has 2 aromatic rings. The van der Waals surface area contributed by atoms with Crippen molar-refractivity contribution < 1.29 is 13.9 Å². The van der Waals surface area contributed by atoms with Crippen LogP contribution in [0.4, 0.5) is 0 Å². The van der Waals surface area contributed by atoms with Crippen molar-refractivity contribution in [1.82, 2.24) is 5.32 Å². The first kappa shape index (κ1) is 15.2. The highest BCUT2D eigenvalue weighted by molar-refractivity contribution is 5.94. The Labute approximate surface area is 125 Å². The van der Waals surface area contributed by atoms with E-state index in [4.69, 9.17) is 9.15 Å². The summed E-state index contributed by atoms with van der Waals surface area (Å²) >= 11 is 0. The SMILES string of the molecule is CC(C)Oc1ccc(C(=O)NCCCc2ccco2)cc1. The second-order valence-corrected chi connectivity index (χ2v) is 5.13.